The van der Waals surface area contributed by atoms with Crippen molar-refractivity contribution in [1.29, 1.82) is 0 Å². The fourth-order valence-corrected chi connectivity index (χ4v) is 7.84. The Morgan fingerprint density at radius 3 is 1.95 bits per heavy atom. The van der Waals surface area contributed by atoms with Gasteiger partial charge in [0.2, 0.25) is 49.7 Å². The number of nitrogens with one attached hydrogen (secondary N) is 5. The Bertz CT molecular complexity index is 2130. The molecule has 6 atom stereocenters. The number of carbonyl (C=O) groups is 7. The number of phenolic OH excluding ortho intramolecular Hbond substituents is 1. The summed E-state index contributed by atoms with van der Waals surface area (Å²) in [5.41, 5.74) is 13.6. The van der Waals surface area contributed by atoms with E-state index in [-0.39, 0.29) is 43.0 Å². The number of phenols is 1. The SMILES string of the molecule is C[C@@H](NC(=O)[C@@H](N)Cc1ccc(O[Si](C)(C)C(C)(C)C)cc1)C(=O)N[C@@H](Cc1ccccc1)C(=O)NCC(=O)N[C@@H](Cc1ccc(O)cc1)C(=O)N1CCC[C@H]1C(=O)N[C@@H](CO)C(N)=O. The molecule has 0 saturated carbocycles. The number of likely N-dealkylation sites (tertiary alicyclic amines) is 1. The van der Waals surface area contributed by atoms with Gasteiger partial charge in [0.15, 0.2) is 0 Å². The fourth-order valence-electron chi connectivity index (χ4n) is 6.81. The van der Waals surface area contributed by atoms with E-state index in [2.05, 4.69) is 60.4 Å². The van der Waals surface area contributed by atoms with Crippen LogP contribution in [0.3, 0.4) is 0 Å². The van der Waals surface area contributed by atoms with Crippen molar-refractivity contribution in [2.75, 3.05) is 19.7 Å². The number of rotatable bonds is 21. The minimum Gasteiger partial charge on any atom is -0.544 e. The highest BCUT2D eigenvalue weighted by molar-refractivity contribution is 6.74. The quantitative estimate of drug-likeness (QED) is 0.0670. The van der Waals surface area contributed by atoms with Gasteiger partial charge in [-0.25, -0.2) is 0 Å². The minimum atomic E-state index is -2.05. The lowest BCUT2D eigenvalue weighted by molar-refractivity contribution is -0.142. The first kappa shape index (κ1) is 51.3. The Balaban J connectivity index is 1.40. The first-order chi connectivity index (χ1) is 30.6. The van der Waals surface area contributed by atoms with Crippen LogP contribution in [0.1, 0.15) is 57.2 Å². The number of carbonyl (C=O) groups excluding carboxylic acids is 7. The van der Waals surface area contributed by atoms with Gasteiger partial charge in [-0.3, -0.25) is 33.6 Å². The van der Waals surface area contributed by atoms with E-state index in [0.717, 1.165) is 11.3 Å². The van der Waals surface area contributed by atoms with Gasteiger partial charge in [-0.15, -0.1) is 0 Å². The smallest absolute Gasteiger partial charge is 0.250 e. The lowest BCUT2D eigenvalue weighted by atomic mass is 10.0. The number of benzene rings is 3. The van der Waals surface area contributed by atoms with Crippen molar-refractivity contribution in [1.82, 2.24) is 31.5 Å². The predicted octanol–water partition coefficient (Wildman–Crippen LogP) is 0.675. The normalized spacial score (nSPS) is 16.2. The maximum Gasteiger partial charge on any atom is 0.250 e. The highest BCUT2D eigenvalue weighted by Crippen LogP contribution is 2.37. The Morgan fingerprint density at radius 2 is 1.35 bits per heavy atom. The van der Waals surface area contributed by atoms with Crippen molar-refractivity contribution >= 4 is 49.7 Å². The first-order valence-corrected chi connectivity index (χ1v) is 24.5. The molecule has 1 fully saturated rings. The van der Waals surface area contributed by atoms with Crippen molar-refractivity contribution < 1.29 is 48.2 Å². The number of hydrogen-bond acceptors (Lipinski definition) is 11. The Morgan fingerprint density at radius 1 is 0.769 bits per heavy atom. The molecule has 3 aromatic carbocycles. The van der Waals surface area contributed by atoms with Gasteiger partial charge in [0, 0.05) is 19.4 Å². The van der Waals surface area contributed by atoms with Crippen LogP contribution in [0.4, 0.5) is 0 Å². The van der Waals surface area contributed by atoms with Gasteiger partial charge in [0.1, 0.15) is 41.7 Å². The van der Waals surface area contributed by atoms with E-state index in [0.29, 0.717) is 17.5 Å². The van der Waals surface area contributed by atoms with E-state index in [9.17, 15) is 43.8 Å². The molecule has 0 spiro atoms. The summed E-state index contributed by atoms with van der Waals surface area (Å²) in [6, 6.07) is 15.3. The molecule has 0 aromatic heterocycles. The maximum absolute atomic E-state index is 14.0. The molecule has 7 amide bonds. The second-order valence-electron chi connectivity index (χ2n) is 17.8. The fraction of sp³-hybridized carbons (Fsp3) is 0.457. The minimum absolute atomic E-state index is 0.0184. The maximum atomic E-state index is 14.0. The number of nitrogens with zero attached hydrogens (tertiary/aromatic N) is 1. The summed E-state index contributed by atoms with van der Waals surface area (Å²) in [6.45, 7) is 11.0. The zero-order valence-corrected chi connectivity index (χ0v) is 38.9. The van der Waals surface area contributed by atoms with Crippen molar-refractivity contribution in [3.63, 3.8) is 0 Å². The molecule has 1 heterocycles. The molecular formula is C46H64N8O10Si. The second kappa shape index (κ2) is 23.0. The van der Waals surface area contributed by atoms with E-state index in [1.54, 1.807) is 42.5 Å². The highest BCUT2D eigenvalue weighted by atomic mass is 28.4. The summed E-state index contributed by atoms with van der Waals surface area (Å²) in [7, 11) is -2.05. The molecule has 3 aromatic rings. The van der Waals surface area contributed by atoms with Gasteiger partial charge in [-0.1, -0.05) is 75.4 Å². The average Bonchev–Trinajstić information content (AvgIpc) is 3.75. The number of hydrogen-bond donors (Lipinski definition) is 9. The second-order valence-corrected chi connectivity index (χ2v) is 22.6. The molecule has 1 aliphatic heterocycles. The number of amides is 7. The lowest BCUT2D eigenvalue weighted by Crippen LogP contribution is -2.58. The van der Waals surface area contributed by atoms with Crippen LogP contribution >= 0.6 is 0 Å². The molecule has 0 bridgehead atoms. The summed E-state index contributed by atoms with van der Waals surface area (Å²) in [6.07, 6.45) is 0.854. The molecule has 1 saturated heterocycles. The topological polar surface area (TPSA) is 285 Å². The molecule has 4 rings (SSSR count). The van der Waals surface area contributed by atoms with Crippen LogP contribution in [0.15, 0.2) is 78.9 Å². The number of nitrogens with two attached hydrogens (primary N) is 2. The zero-order chi connectivity index (χ0) is 48.1. The summed E-state index contributed by atoms with van der Waals surface area (Å²) in [5, 5.41) is 32.2. The average molecular weight is 917 g/mol. The van der Waals surface area contributed by atoms with Gasteiger partial charge >= 0.3 is 0 Å². The summed E-state index contributed by atoms with van der Waals surface area (Å²) in [4.78, 5) is 94.0. The molecule has 0 radical (unpaired) electrons. The van der Waals surface area contributed by atoms with Crippen LogP contribution < -0.4 is 42.5 Å². The van der Waals surface area contributed by atoms with Crippen LogP contribution in [0.2, 0.25) is 18.1 Å². The van der Waals surface area contributed by atoms with Gasteiger partial charge in [0.05, 0.1) is 19.2 Å². The zero-order valence-electron chi connectivity index (χ0n) is 37.9. The number of primary amides is 1. The summed E-state index contributed by atoms with van der Waals surface area (Å²) < 4.78 is 6.34. The van der Waals surface area contributed by atoms with Crippen molar-refractivity contribution in [3.8, 4) is 11.5 Å². The van der Waals surface area contributed by atoms with Gasteiger partial charge < -0.3 is 57.6 Å². The van der Waals surface area contributed by atoms with Crippen LogP contribution in [0.25, 0.3) is 0 Å². The molecule has 1 aliphatic rings. The summed E-state index contributed by atoms with van der Waals surface area (Å²) >= 11 is 0. The number of aromatic hydroxyl groups is 1. The van der Waals surface area contributed by atoms with Gasteiger partial charge in [-0.2, -0.15) is 0 Å². The number of aliphatic hydroxyl groups excluding tert-OH is 1. The molecule has 11 N–H and O–H groups in total. The first-order valence-electron chi connectivity index (χ1n) is 21.6. The van der Waals surface area contributed by atoms with Gasteiger partial charge in [-0.05, 0) is 85.3 Å². The molecule has 65 heavy (non-hydrogen) atoms. The van der Waals surface area contributed by atoms with Crippen LogP contribution in [0.5, 0.6) is 11.5 Å². The largest absolute Gasteiger partial charge is 0.544 e. The van der Waals surface area contributed by atoms with Crippen LogP contribution in [-0.2, 0) is 52.8 Å². The molecule has 352 valence electrons. The molecule has 0 unspecified atom stereocenters. The van der Waals surface area contributed by atoms with Gasteiger partial charge in [0.25, 0.3) is 0 Å². The Hall–Kier alpha value is -6.31. The summed E-state index contributed by atoms with van der Waals surface area (Å²) in [5.74, 6) is -4.30. The molecule has 0 aliphatic carbocycles. The third kappa shape index (κ3) is 15.1. The third-order valence-corrected chi connectivity index (χ3v) is 16.0. The van der Waals surface area contributed by atoms with E-state index < -0.39 is 99.1 Å². The van der Waals surface area contributed by atoms with Crippen LogP contribution in [0, 0.1) is 0 Å². The molecule has 19 heteroatoms. The molecular weight excluding hydrogens is 853 g/mol. The number of aliphatic hydroxyl groups is 1. The van der Waals surface area contributed by atoms with Crippen LogP contribution in [-0.4, -0.2) is 121 Å². The van der Waals surface area contributed by atoms with E-state index in [1.165, 1.54) is 24.0 Å². The van der Waals surface area contributed by atoms with Crippen molar-refractivity contribution in [2.24, 2.45) is 11.5 Å². The Kier molecular flexibility index (Phi) is 18.2. The standard InChI is InChI=1S/C46H64N8O10Si/c1-28(50-42(60)34(47)23-30-16-20-33(21-17-30)64-65(5,6)46(2,3)4)41(59)52-35(24-29-11-8-7-9-12-29)43(61)49-26-39(57)51-36(25-31-14-18-32(56)19-15-31)45(63)54-22-10-13-38(54)44(62)53-37(27-55)40(48)58/h7-9,11-12,14-21,28,34-38,55-56H,10,13,22-27,47H2,1-6H3,(H2,48,58)(H,49,61)(H,50,60)(H,51,57)(H,52,59)(H,53,62)/t28-,34+,35+,36+,37+,38+/m1/s1. The Labute approximate surface area is 380 Å². The van der Waals surface area contributed by atoms with Crippen molar-refractivity contribution in [3.05, 3.63) is 95.6 Å². The van der Waals surface area contributed by atoms with E-state index >= 15 is 0 Å². The van der Waals surface area contributed by atoms with Crippen molar-refractivity contribution in [2.45, 2.75) is 114 Å². The predicted molar refractivity (Wildman–Crippen MR) is 245 cm³/mol. The lowest BCUT2D eigenvalue weighted by Gasteiger charge is -2.36. The van der Waals surface area contributed by atoms with E-state index in [1.807, 2.05) is 24.3 Å². The third-order valence-electron chi connectivity index (χ3n) is 11.7. The van der Waals surface area contributed by atoms with E-state index in [4.69, 9.17) is 15.9 Å². The monoisotopic (exact) mass is 916 g/mol. The highest BCUT2D eigenvalue weighted by Gasteiger charge is 2.40. The molecule has 18 nitrogen and oxygen atoms in total.